The molecule has 1 aliphatic rings. The van der Waals surface area contributed by atoms with Crippen LogP contribution in [-0.4, -0.2) is 20.4 Å². The van der Waals surface area contributed by atoms with Gasteiger partial charge in [-0.05, 0) is 53.7 Å². The first kappa shape index (κ1) is 17.1. The molecule has 0 saturated heterocycles. The smallest absolute Gasteiger partial charge is 0.261 e. The molecule has 1 atom stereocenters. The van der Waals surface area contributed by atoms with Crippen LogP contribution in [-0.2, 0) is 9.05 Å². The van der Waals surface area contributed by atoms with Gasteiger partial charge in [0.15, 0.2) is 0 Å². The van der Waals surface area contributed by atoms with Crippen LogP contribution in [0.25, 0.3) is 0 Å². The van der Waals surface area contributed by atoms with Crippen molar-refractivity contribution in [2.75, 3.05) is 0 Å². The quantitative estimate of drug-likeness (QED) is 0.758. The van der Waals surface area contributed by atoms with Crippen molar-refractivity contribution < 1.29 is 13.2 Å². The highest BCUT2D eigenvalue weighted by molar-refractivity contribution is 9.10. The summed E-state index contributed by atoms with van der Waals surface area (Å²) in [4.78, 5) is 12.1. The van der Waals surface area contributed by atoms with Crippen LogP contribution in [0.4, 0.5) is 0 Å². The number of amides is 1. The number of hydrogen-bond acceptors (Lipinski definition) is 3. The summed E-state index contributed by atoms with van der Waals surface area (Å²) in [7, 11) is 1.39. The van der Waals surface area contributed by atoms with Crippen molar-refractivity contribution in [3.8, 4) is 0 Å². The van der Waals surface area contributed by atoms with E-state index in [4.69, 9.17) is 22.3 Å². The Morgan fingerprint density at radius 1 is 1.43 bits per heavy atom. The molecule has 116 valence electrons. The number of benzene rings is 1. The molecule has 1 fully saturated rings. The highest BCUT2D eigenvalue weighted by Gasteiger charge is 2.27. The predicted molar refractivity (Wildman–Crippen MR) is 86.5 cm³/mol. The SMILES string of the molecule is CC(NC(=O)c1cc(S(=O)(=O)Cl)cc(Br)c1Cl)C1CCC1. The molecule has 0 radical (unpaired) electrons. The number of nitrogens with one attached hydrogen (secondary N) is 1. The fraction of sp³-hybridized carbons (Fsp3) is 0.462. The van der Waals surface area contributed by atoms with Gasteiger partial charge in [-0.2, -0.15) is 0 Å². The molecule has 1 aromatic carbocycles. The Morgan fingerprint density at radius 2 is 2.05 bits per heavy atom. The summed E-state index contributed by atoms with van der Waals surface area (Å²) in [5, 5.41) is 3.03. The van der Waals surface area contributed by atoms with Gasteiger partial charge in [0.05, 0.1) is 15.5 Å². The van der Waals surface area contributed by atoms with E-state index in [1.807, 2.05) is 6.92 Å². The fourth-order valence-corrected chi connectivity index (χ4v) is 3.80. The third-order valence-corrected chi connectivity index (χ3v) is 6.34. The Bertz CT molecular complexity index is 674. The Labute approximate surface area is 141 Å². The summed E-state index contributed by atoms with van der Waals surface area (Å²) in [6.45, 7) is 1.94. The maximum absolute atomic E-state index is 12.3. The van der Waals surface area contributed by atoms with Crippen molar-refractivity contribution >= 4 is 53.2 Å². The zero-order valence-corrected chi connectivity index (χ0v) is 15.1. The van der Waals surface area contributed by atoms with Gasteiger partial charge in [-0.1, -0.05) is 18.0 Å². The third-order valence-electron chi connectivity index (χ3n) is 3.74. The average Bonchev–Trinajstić information content (AvgIpc) is 2.28. The maximum atomic E-state index is 12.3. The second kappa shape index (κ2) is 6.44. The van der Waals surface area contributed by atoms with E-state index in [2.05, 4.69) is 21.2 Å². The summed E-state index contributed by atoms with van der Waals surface area (Å²) in [6, 6.07) is 2.49. The largest absolute Gasteiger partial charge is 0.349 e. The molecule has 0 aromatic heterocycles. The number of rotatable bonds is 4. The van der Waals surface area contributed by atoms with Crippen LogP contribution in [0.5, 0.6) is 0 Å². The molecule has 0 heterocycles. The molecule has 1 N–H and O–H groups in total. The number of hydrogen-bond donors (Lipinski definition) is 1. The van der Waals surface area contributed by atoms with E-state index in [0.29, 0.717) is 10.4 Å². The lowest BCUT2D eigenvalue weighted by Gasteiger charge is -2.32. The lowest BCUT2D eigenvalue weighted by Crippen LogP contribution is -2.40. The molecule has 1 aromatic rings. The molecule has 1 amide bonds. The van der Waals surface area contributed by atoms with Crippen molar-refractivity contribution in [1.82, 2.24) is 5.32 Å². The molecule has 1 saturated carbocycles. The molecule has 0 bridgehead atoms. The Hall–Kier alpha value is -0.300. The highest BCUT2D eigenvalue weighted by atomic mass is 79.9. The van der Waals surface area contributed by atoms with Crippen molar-refractivity contribution in [2.45, 2.75) is 37.1 Å². The highest BCUT2D eigenvalue weighted by Crippen LogP contribution is 2.32. The molecular weight excluding hydrogens is 401 g/mol. The van der Waals surface area contributed by atoms with Gasteiger partial charge in [-0.25, -0.2) is 8.42 Å². The lowest BCUT2D eigenvalue weighted by molar-refractivity contribution is 0.0909. The van der Waals surface area contributed by atoms with E-state index in [-0.39, 0.29) is 21.5 Å². The summed E-state index contributed by atoms with van der Waals surface area (Å²) < 4.78 is 23.2. The van der Waals surface area contributed by atoms with Crippen LogP contribution in [0.2, 0.25) is 5.02 Å². The van der Waals surface area contributed by atoms with Crippen molar-refractivity contribution in [2.24, 2.45) is 5.92 Å². The first-order chi connectivity index (χ1) is 9.70. The zero-order valence-electron chi connectivity index (χ0n) is 11.2. The topological polar surface area (TPSA) is 63.2 Å². The Balaban J connectivity index is 2.29. The number of halogens is 3. The van der Waals surface area contributed by atoms with Gasteiger partial charge in [0.1, 0.15) is 0 Å². The Morgan fingerprint density at radius 3 is 2.52 bits per heavy atom. The van der Waals surface area contributed by atoms with Gasteiger partial charge in [0, 0.05) is 21.2 Å². The first-order valence-electron chi connectivity index (χ1n) is 6.44. The molecule has 21 heavy (non-hydrogen) atoms. The predicted octanol–water partition coefficient (Wildman–Crippen LogP) is 3.95. The molecule has 0 spiro atoms. The summed E-state index contributed by atoms with van der Waals surface area (Å²) >= 11 is 9.22. The second-order valence-electron chi connectivity index (χ2n) is 5.16. The van der Waals surface area contributed by atoms with Crippen LogP contribution in [0.1, 0.15) is 36.5 Å². The van der Waals surface area contributed by atoms with Gasteiger partial charge >= 0.3 is 0 Å². The molecule has 1 aliphatic carbocycles. The van der Waals surface area contributed by atoms with Gasteiger partial charge in [0.2, 0.25) is 0 Å². The van der Waals surface area contributed by atoms with Crippen LogP contribution in [0.3, 0.4) is 0 Å². The minimum absolute atomic E-state index is 0.0253. The van der Waals surface area contributed by atoms with Crippen molar-refractivity contribution in [1.29, 1.82) is 0 Å². The Kier molecular flexibility index (Phi) is 5.23. The van der Waals surface area contributed by atoms with Crippen LogP contribution in [0.15, 0.2) is 21.5 Å². The summed E-state index contributed by atoms with van der Waals surface area (Å²) in [5.41, 5.74) is 0.0939. The minimum Gasteiger partial charge on any atom is -0.349 e. The van der Waals surface area contributed by atoms with Crippen molar-refractivity contribution in [3.05, 3.63) is 27.2 Å². The van der Waals surface area contributed by atoms with Gasteiger partial charge in [-0.15, -0.1) is 0 Å². The fourth-order valence-electron chi connectivity index (χ4n) is 2.21. The first-order valence-corrected chi connectivity index (χ1v) is 9.92. The average molecular weight is 415 g/mol. The molecular formula is C13H14BrCl2NO3S. The monoisotopic (exact) mass is 413 g/mol. The van der Waals surface area contributed by atoms with E-state index >= 15 is 0 Å². The minimum atomic E-state index is -3.93. The number of carbonyl (C=O) groups excluding carboxylic acids is 1. The number of carbonyl (C=O) groups is 1. The van der Waals surface area contributed by atoms with Crippen LogP contribution >= 0.6 is 38.2 Å². The second-order valence-corrected chi connectivity index (χ2v) is 8.96. The molecule has 0 aliphatic heterocycles. The van der Waals surface area contributed by atoms with Crippen LogP contribution < -0.4 is 5.32 Å². The van der Waals surface area contributed by atoms with E-state index < -0.39 is 15.0 Å². The van der Waals surface area contributed by atoms with E-state index in [0.717, 1.165) is 12.8 Å². The van der Waals surface area contributed by atoms with E-state index in [1.54, 1.807) is 0 Å². The third kappa shape index (κ3) is 3.92. The van der Waals surface area contributed by atoms with Crippen molar-refractivity contribution in [3.63, 3.8) is 0 Å². The lowest BCUT2D eigenvalue weighted by atomic mass is 9.80. The molecule has 8 heteroatoms. The van der Waals surface area contributed by atoms with E-state index in [9.17, 15) is 13.2 Å². The van der Waals surface area contributed by atoms with Gasteiger partial charge in [0.25, 0.3) is 15.0 Å². The molecule has 2 rings (SSSR count). The standard InChI is InChI=1S/C13H14BrCl2NO3S/c1-7(8-3-2-4-8)17-13(18)10-5-9(21(16,19)20)6-11(14)12(10)15/h5-8H,2-4H2,1H3,(H,17,18). The summed E-state index contributed by atoms with van der Waals surface area (Å²) in [6.07, 6.45) is 3.36. The van der Waals surface area contributed by atoms with Gasteiger partial charge in [-0.3, -0.25) is 4.79 Å². The van der Waals surface area contributed by atoms with Crippen LogP contribution in [0, 0.1) is 5.92 Å². The zero-order chi connectivity index (χ0) is 15.8. The van der Waals surface area contributed by atoms with E-state index in [1.165, 1.54) is 18.6 Å². The normalized spacial score (nSPS) is 17.1. The summed E-state index contributed by atoms with van der Waals surface area (Å²) in [5.74, 6) is 0.0679. The molecule has 1 unspecified atom stereocenters. The maximum Gasteiger partial charge on any atom is 0.261 e. The van der Waals surface area contributed by atoms with Gasteiger partial charge < -0.3 is 5.32 Å². The molecule has 4 nitrogen and oxygen atoms in total.